The Morgan fingerprint density at radius 1 is 1.50 bits per heavy atom. The van der Waals surface area contributed by atoms with E-state index >= 15 is 0 Å². The summed E-state index contributed by atoms with van der Waals surface area (Å²) in [7, 11) is 1.57. The highest BCUT2D eigenvalue weighted by Crippen LogP contribution is 2.26. The molecule has 88 valence electrons. The molecule has 0 radical (unpaired) electrons. The van der Waals surface area contributed by atoms with Gasteiger partial charge in [-0.15, -0.1) is 0 Å². The van der Waals surface area contributed by atoms with Gasteiger partial charge in [0, 0.05) is 12.5 Å². The third-order valence-electron chi connectivity index (χ3n) is 2.04. The zero-order valence-electron chi connectivity index (χ0n) is 9.71. The van der Waals surface area contributed by atoms with Gasteiger partial charge >= 0.3 is 0 Å². The SMILES string of the molecule is COc1ccc(NC(=O)CC(C)C)c(Cl)c1. The summed E-state index contributed by atoms with van der Waals surface area (Å²) in [4.78, 5) is 11.5. The van der Waals surface area contributed by atoms with Gasteiger partial charge in [0.2, 0.25) is 5.91 Å². The molecule has 0 heterocycles. The lowest BCUT2D eigenvalue weighted by Gasteiger charge is -2.09. The smallest absolute Gasteiger partial charge is 0.224 e. The van der Waals surface area contributed by atoms with Crippen LogP contribution in [0, 0.1) is 5.92 Å². The number of amides is 1. The molecule has 0 saturated carbocycles. The Labute approximate surface area is 101 Å². The zero-order valence-corrected chi connectivity index (χ0v) is 10.5. The van der Waals surface area contributed by atoms with E-state index in [4.69, 9.17) is 16.3 Å². The average molecular weight is 242 g/mol. The Morgan fingerprint density at radius 2 is 2.19 bits per heavy atom. The van der Waals surface area contributed by atoms with Gasteiger partial charge in [0.1, 0.15) is 5.75 Å². The molecule has 16 heavy (non-hydrogen) atoms. The number of anilines is 1. The van der Waals surface area contributed by atoms with Crippen molar-refractivity contribution in [2.45, 2.75) is 20.3 Å². The van der Waals surface area contributed by atoms with Gasteiger partial charge < -0.3 is 10.1 Å². The van der Waals surface area contributed by atoms with E-state index in [1.165, 1.54) is 0 Å². The van der Waals surface area contributed by atoms with E-state index in [0.29, 0.717) is 28.8 Å². The molecule has 1 amide bonds. The molecule has 0 unspecified atom stereocenters. The first kappa shape index (κ1) is 12.8. The van der Waals surface area contributed by atoms with Crippen LogP contribution in [0.1, 0.15) is 20.3 Å². The molecule has 0 aromatic heterocycles. The van der Waals surface area contributed by atoms with E-state index in [2.05, 4.69) is 5.32 Å². The maximum Gasteiger partial charge on any atom is 0.224 e. The molecule has 0 fully saturated rings. The van der Waals surface area contributed by atoms with Crippen LogP contribution in [-0.2, 0) is 4.79 Å². The third kappa shape index (κ3) is 3.74. The molecule has 3 nitrogen and oxygen atoms in total. The number of halogens is 1. The lowest BCUT2D eigenvalue weighted by molar-refractivity contribution is -0.116. The summed E-state index contributed by atoms with van der Waals surface area (Å²) in [5.74, 6) is 0.978. The maximum atomic E-state index is 11.5. The van der Waals surface area contributed by atoms with Crippen molar-refractivity contribution < 1.29 is 9.53 Å². The fourth-order valence-corrected chi connectivity index (χ4v) is 1.51. The van der Waals surface area contributed by atoms with Crippen LogP contribution in [-0.4, -0.2) is 13.0 Å². The second-order valence-electron chi connectivity index (χ2n) is 3.99. The van der Waals surface area contributed by atoms with Crippen LogP contribution in [0.3, 0.4) is 0 Å². The number of benzene rings is 1. The number of hydrogen-bond donors (Lipinski definition) is 1. The van der Waals surface area contributed by atoms with Crippen molar-refractivity contribution >= 4 is 23.2 Å². The van der Waals surface area contributed by atoms with E-state index < -0.39 is 0 Å². The summed E-state index contributed by atoms with van der Waals surface area (Å²) in [6, 6.07) is 5.17. The molecular weight excluding hydrogens is 226 g/mol. The van der Waals surface area contributed by atoms with Crippen LogP contribution >= 0.6 is 11.6 Å². The van der Waals surface area contributed by atoms with Gasteiger partial charge in [-0.2, -0.15) is 0 Å². The molecule has 0 bridgehead atoms. The Balaban J connectivity index is 2.70. The number of hydrogen-bond acceptors (Lipinski definition) is 2. The number of carbonyl (C=O) groups excluding carboxylic acids is 1. The average Bonchev–Trinajstić information content (AvgIpc) is 2.19. The largest absolute Gasteiger partial charge is 0.497 e. The van der Waals surface area contributed by atoms with Crippen molar-refractivity contribution in [3.8, 4) is 5.75 Å². The van der Waals surface area contributed by atoms with Gasteiger partial charge in [-0.3, -0.25) is 4.79 Å². The maximum absolute atomic E-state index is 11.5. The van der Waals surface area contributed by atoms with Gasteiger partial charge in [-0.25, -0.2) is 0 Å². The van der Waals surface area contributed by atoms with Crippen molar-refractivity contribution in [1.29, 1.82) is 0 Å². The quantitative estimate of drug-likeness (QED) is 0.878. The molecule has 0 aliphatic carbocycles. The lowest BCUT2D eigenvalue weighted by Crippen LogP contribution is -2.14. The summed E-state index contributed by atoms with van der Waals surface area (Å²) in [5.41, 5.74) is 0.619. The molecule has 1 aromatic rings. The van der Waals surface area contributed by atoms with Crippen LogP contribution in [0.4, 0.5) is 5.69 Å². The molecule has 1 aromatic carbocycles. The Bertz CT molecular complexity index is 377. The summed E-state index contributed by atoms with van der Waals surface area (Å²) in [5, 5.41) is 3.25. The monoisotopic (exact) mass is 241 g/mol. The second-order valence-corrected chi connectivity index (χ2v) is 4.40. The van der Waals surface area contributed by atoms with Crippen molar-refractivity contribution in [2.75, 3.05) is 12.4 Å². The summed E-state index contributed by atoms with van der Waals surface area (Å²) in [6.07, 6.45) is 0.488. The van der Waals surface area contributed by atoms with Crippen LogP contribution < -0.4 is 10.1 Å². The molecule has 1 rings (SSSR count). The van der Waals surface area contributed by atoms with Gasteiger partial charge in [0.05, 0.1) is 17.8 Å². The number of rotatable bonds is 4. The molecule has 0 aliphatic heterocycles. The highest BCUT2D eigenvalue weighted by atomic mass is 35.5. The fourth-order valence-electron chi connectivity index (χ4n) is 1.30. The molecule has 0 spiro atoms. The van der Waals surface area contributed by atoms with E-state index in [1.807, 2.05) is 13.8 Å². The predicted octanol–water partition coefficient (Wildman–Crippen LogP) is 3.33. The molecule has 1 N–H and O–H groups in total. The first-order chi connectivity index (χ1) is 7.52. The predicted molar refractivity (Wildman–Crippen MR) is 66.1 cm³/mol. The molecule has 0 aliphatic rings. The summed E-state index contributed by atoms with van der Waals surface area (Å²) < 4.78 is 5.02. The lowest BCUT2D eigenvalue weighted by atomic mass is 10.1. The molecule has 0 saturated heterocycles. The zero-order chi connectivity index (χ0) is 12.1. The van der Waals surface area contributed by atoms with Crippen molar-refractivity contribution in [1.82, 2.24) is 0 Å². The van der Waals surface area contributed by atoms with E-state index in [-0.39, 0.29) is 5.91 Å². The second kappa shape index (κ2) is 5.75. The number of carbonyl (C=O) groups is 1. The molecule has 0 atom stereocenters. The fraction of sp³-hybridized carbons (Fsp3) is 0.417. The number of methoxy groups -OCH3 is 1. The normalized spacial score (nSPS) is 10.3. The van der Waals surface area contributed by atoms with Gasteiger partial charge in [0.15, 0.2) is 0 Å². The molecule has 4 heteroatoms. The topological polar surface area (TPSA) is 38.3 Å². The Morgan fingerprint density at radius 3 is 2.69 bits per heavy atom. The van der Waals surface area contributed by atoms with Gasteiger partial charge in [0.25, 0.3) is 0 Å². The standard InChI is InChI=1S/C12H16ClNO2/c1-8(2)6-12(15)14-11-5-4-9(16-3)7-10(11)13/h4-5,7-8H,6H2,1-3H3,(H,14,15). The van der Waals surface area contributed by atoms with Crippen molar-refractivity contribution in [2.24, 2.45) is 5.92 Å². The minimum atomic E-state index is -0.0259. The van der Waals surface area contributed by atoms with Crippen LogP contribution in [0.2, 0.25) is 5.02 Å². The van der Waals surface area contributed by atoms with Crippen LogP contribution in [0.5, 0.6) is 5.75 Å². The van der Waals surface area contributed by atoms with Crippen molar-refractivity contribution in [3.63, 3.8) is 0 Å². The van der Waals surface area contributed by atoms with E-state index in [9.17, 15) is 4.79 Å². The first-order valence-electron chi connectivity index (χ1n) is 5.16. The first-order valence-corrected chi connectivity index (χ1v) is 5.54. The van der Waals surface area contributed by atoms with Crippen LogP contribution in [0.15, 0.2) is 18.2 Å². The van der Waals surface area contributed by atoms with Crippen LogP contribution in [0.25, 0.3) is 0 Å². The Hall–Kier alpha value is -1.22. The molecular formula is C12H16ClNO2. The summed E-state index contributed by atoms with van der Waals surface area (Å²) in [6.45, 7) is 3.99. The van der Waals surface area contributed by atoms with Gasteiger partial charge in [-0.1, -0.05) is 25.4 Å². The Kier molecular flexibility index (Phi) is 4.62. The highest BCUT2D eigenvalue weighted by Gasteiger charge is 2.08. The minimum absolute atomic E-state index is 0.0259. The van der Waals surface area contributed by atoms with E-state index in [1.54, 1.807) is 25.3 Å². The van der Waals surface area contributed by atoms with E-state index in [0.717, 1.165) is 0 Å². The summed E-state index contributed by atoms with van der Waals surface area (Å²) >= 11 is 5.99. The highest BCUT2D eigenvalue weighted by molar-refractivity contribution is 6.33. The van der Waals surface area contributed by atoms with Gasteiger partial charge in [-0.05, 0) is 18.1 Å². The number of nitrogens with one attached hydrogen (secondary N) is 1. The third-order valence-corrected chi connectivity index (χ3v) is 2.36. The number of ether oxygens (including phenoxy) is 1. The minimum Gasteiger partial charge on any atom is -0.497 e. The van der Waals surface area contributed by atoms with Crippen molar-refractivity contribution in [3.05, 3.63) is 23.2 Å².